The lowest BCUT2D eigenvalue weighted by Crippen LogP contribution is -2.19. The molecule has 3 aromatic rings. The normalized spacial score (nSPS) is 11.6. The topological polar surface area (TPSA) is 96.0 Å². The molecule has 0 aliphatic rings. The summed E-state index contributed by atoms with van der Waals surface area (Å²) in [6.07, 6.45) is -8.96. The number of rotatable bonds is 7. The van der Waals surface area contributed by atoms with E-state index in [1.807, 2.05) is 0 Å². The Morgan fingerprint density at radius 1 is 0.875 bits per heavy atom. The second kappa shape index (κ2) is 11.3. The van der Waals surface area contributed by atoms with Crippen LogP contribution in [0.1, 0.15) is 37.5 Å². The summed E-state index contributed by atoms with van der Waals surface area (Å²) in [6, 6.07) is 4.04. The van der Waals surface area contributed by atoms with Crippen LogP contribution in [0, 0.1) is 19.7 Å². The predicted molar refractivity (Wildman–Crippen MR) is 124 cm³/mol. The summed E-state index contributed by atoms with van der Waals surface area (Å²) in [5, 5.41) is 2.38. The van der Waals surface area contributed by atoms with Gasteiger partial charge >= 0.3 is 18.5 Å². The number of methoxy groups -OCH3 is 2. The Labute approximate surface area is 221 Å². The van der Waals surface area contributed by atoms with Crippen molar-refractivity contribution >= 4 is 17.6 Å². The maximum atomic E-state index is 14.7. The second-order valence-corrected chi connectivity index (χ2v) is 7.95. The monoisotopic (exact) mass is 576 g/mol. The Morgan fingerprint density at radius 3 is 2.08 bits per heavy atom. The van der Waals surface area contributed by atoms with Crippen molar-refractivity contribution in [2.45, 2.75) is 26.4 Å². The number of nitrogens with one attached hydrogen (secondary N) is 1. The van der Waals surface area contributed by atoms with Gasteiger partial charge in [0.1, 0.15) is 5.75 Å². The number of aromatic nitrogens is 1. The van der Waals surface area contributed by atoms with Gasteiger partial charge in [-0.3, -0.25) is 4.79 Å². The molecule has 1 amide bonds. The quantitative estimate of drug-likeness (QED) is 0.250. The molecule has 0 atom stereocenters. The highest BCUT2D eigenvalue weighted by molar-refractivity contribution is 6.08. The maximum Gasteiger partial charge on any atom is 0.573 e. The van der Waals surface area contributed by atoms with E-state index in [1.165, 1.54) is 13.0 Å². The summed E-state index contributed by atoms with van der Waals surface area (Å²) in [6.45, 7) is 2.39. The minimum Gasteiger partial charge on any atom is -0.490 e. The molecule has 15 heteroatoms. The van der Waals surface area contributed by atoms with E-state index in [0.717, 1.165) is 39.5 Å². The summed E-state index contributed by atoms with van der Waals surface area (Å²) >= 11 is 0. The van der Waals surface area contributed by atoms with Crippen molar-refractivity contribution in [3.8, 4) is 23.0 Å². The molecule has 0 bridgehead atoms. The van der Waals surface area contributed by atoms with Crippen molar-refractivity contribution in [3.63, 3.8) is 0 Å². The molecule has 214 valence electrons. The average Bonchev–Trinajstić information content (AvgIpc) is 2.85. The number of anilines is 1. The van der Waals surface area contributed by atoms with Gasteiger partial charge in [-0.2, -0.15) is 17.6 Å². The summed E-state index contributed by atoms with van der Waals surface area (Å²) < 4.78 is 112. The highest BCUT2D eigenvalue weighted by Gasteiger charge is 2.36. The van der Waals surface area contributed by atoms with Crippen LogP contribution in [0.4, 0.5) is 36.4 Å². The molecular formula is C25H19F7N2O6. The zero-order valence-electron chi connectivity index (χ0n) is 21.0. The third-order valence-corrected chi connectivity index (χ3v) is 5.47. The molecule has 1 heterocycles. The van der Waals surface area contributed by atoms with Crippen LogP contribution >= 0.6 is 0 Å². The maximum absolute atomic E-state index is 14.7. The van der Waals surface area contributed by atoms with Crippen LogP contribution in [0.15, 0.2) is 36.5 Å². The van der Waals surface area contributed by atoms with Crippen LogP contribution in [0.2, 0.25) is 0 Å². The molecule has 0 radical (unpaired) electrons. The fourth-order valence-corrected chi connectivity index (χ4v) is 3.63. The van der Waals surface area contributed by atoms with Crippen LogP contribution in [0.25, 0.3) is 0 Å². The van der Waals surface area contributed by atoms with Gasteiger partial charge in [0.15, 0.2) is 17.2 Å². The zero-order valence-corrected chi connectivity index (χ0v) is 21.0. The zero-order chi connectivity index (χ0) is 30.0. The number of hydrogen-bond donors (Lipinski definition) is 1. The van der Waals surface area contributed by atoms with Gasteiger partial charge in [0.25, 0.3) is 5.91 Å². The largest absolute Gasteiger partial charge is 0.573 e. The van der Waals surface area contributed by atoms with Crippen LogP contribution in [-0.4, -0.2) is 37.4 Å². The highest BCUT2D eigenvalue weighted by Crippen LogP contribution is 2.43. The van der Waals surface area contributed by atoms with Crippen molar-refractivity contribution in [2.75, 3.05) is 19.5 Å². The minimum atomic E-state index is -5.23. The number of carbonyl (C=O) groups is 2. The van der Waals surface area contributed by atoms with E-state index in [2.05, 4.69) is 19.8 Å². The van der Waals surface area contributed by atoms with E-state index in [4.69, 9.17) is 9.47 Å². The molecule has 1 N–H and O–H groups in total. The first kappa shape index (κ1) is 30.0. The smallest absolute Gasteiger partial charge is 0.490 e. The molecule has 8 nitrogen and oxygen atoms in total. The van der Waals surface area contributed by atoms with Gasteiger partial charge < -0.3 is 24.3 Å². The number of carbonyl (C=O) groups excluding carboxylic acids is 2. The van der Waals surface area contributed by atoms with E-state index in [9.17, 15) is 40.3 Å². The van der Waals surface area contributed by atoms with Crippen LogP contribution in [-0.2, 0) is 10.9 Å². The average molecular weight is 576 g/mol. The molecule has 0 spiro atoms. The molecule has 1 aromatic heterocycles. The Balaban J connectivity index is 2.12. The number of amides is 1. The Kier molecular flexibility index (Phi) is 8.45. The number of alkyl halides is 6. The number of halogens is 7. The lowest BCUT2D eigenvalue weighted by atomic mass is 9.99. The fraction of sp³-hybridized carbons (Fsp3) is 0.240. The van der Waals surface area contributed by atoms with Gasteiger partial charge in [0.2, 0.25) is 11.6 Å². The van der Waals surface area contributed by atoms with Gasteiger partial charge in [-0.25, -0.2) is 9.78 Å². The number of nitrogens with zero attached hydrogens (tertiary/aromatic N) is 1. The first-order chi connectivity index (χ1) is 18.6. The Bertz CT molecular complexity index is 1460. The molecule has 0 saturated heterocycles. The van der Waals surface area contributed by atoms with E-state index in [0.29, 0.717) is 12.1 Å². The first-order valence-corrected chi connectivity index (χ1v) is 10.9. The summed E-state index contributed by atoms with van der Waals surface area (Å²) in [4.78, 5) is 29.1. The van der Waals surface area contributed by atoms with Crippen LogP contribution in [0.3, 0.4) is 0 Å². The van der Waals surface area contributed by atoms with Crippen molar-refractivity contribution in [1.82, 2.24) is 4.98 Å². The van der Waals surface area contributed by atoms with Crippen molar-refractivity contribution in [3.05, 3.63) is 70.3 Å². The third kappa shape index (κ3) is 6.35. The van der Waals surface area contributed by atoms with Gasteiger partial charge in [-0.1, -0.05) is 0 Å². The van der Waals surface area contributed by atoms with Gasteiger partial charge in [-0.05, 0) is 49.7 Å². The van der Waals surface area contributed by atoms with Crippen LogP contribution in [0.5, 0.6) is 23.0 Å². The molecule has 0 aliphatic carbocycles. The van der Waals surface area contributed by atoms with E-state index < -0.39 is 69.9 Å². The summed E-state index contributed by atoms with van der Waals surface area (Å²) in [7, 11) is 2.00. The van der Waals surface area contributed by atoms with E-state index in [1.54, 1.807) is 0 Å². The van der Waals surface area contributed by atoms with Crippen molar-refractivity contribution in [2.24, 2.45) is 0 Å². The lowest BCUT2D eigenvalue weighted by Gasteiger charge is -2.20. The third-order valence-electron chi connectivity index (χ3n) is 5.47. The highest BCUT2D eigenvalue weighted by atomic mass is 19.4. The van der Waals surface area contributed by atoms with Crippen LogP contribution < -0.4 is 19.5 Å². The second-order valence-electron chi connectivity index (χ2n) is 7.95. The summed E-state index contributed by atoms with van der Waals surface area (Å²) in [5.41, 5.74) is -2.46. The van der Waals surface area contributed by atoms with E-state index in [-0.39, 0.29) is 16.9 Å². The van der Waals surface area contributed by atoms with Crippen molar-refractivity contribution < 1.29 is 59.3 Å². The number of pyridine rings is 1. The molecule has 0 unspecified atom stereocenters. The molecule has 2 aromatic carbocycles. The molecular weight excluding hydrogens is 557 g/mol. The fourth-order valence-electron chi connectivity index (χ4n) is 3.63. The SMILES string of the molecule is COC(=O)c1nccc(NC(=O)c2c(Oc3ccc(OC(F)(F)F)c(F)c3OC)ccc(C(F)(F)F)c2C)c1C. The number of benzene rings is 2. The lowest BCUT2D eigenvalue weighted by molar-refractivity contribution is -0.275. The number of esters is 1. The van der Waals surface area contributed by atoms with Gasteiger partial charge in [0.05, 0.1) is 25.3 Å². The molecule has 0 fully saturated rings. The predicted octanol–water partition coefficient (Wildman–Crippen LogP) is 6.59. The van der Waals surface area contributed by atoms with E-state index >= 15 is 0 Å². The molecule has 40 heavy (non-hydrogen) atoms. The molecule has 0 aliphatic heterocycles. The van der Waals surface area contributed by atoms with Gasteiger partial charge in [-0.15, -0.1) is 13.2 Å². The number of hydrogen-bond acceptors (Lipinski definition) is 7. The first-order valence-electron chi connectivity index (χ1n) is 10.9. The van der Waals surface area contributed by atoms with Crippen molar-refractivity contribution in [1.29, 1.82) is 0 Å². The Morgan fingerprint density at radius 2 is 1.50 bits per heavy atom. The number of ether oxygens (including phenoxy) is 4. The molecule has 0 saturated carbocycles. The summed E-state index contributed by atoms with van der Waals surface area (Å²) in [5.74, 6) is -6.80. The minimum absolute atomic E-state index is 0.000407. The molecule has 3 rings (SSSR count). The standard InChI is InChI=1S/C25H19F7N2O6/c1-11-13(24(27,28)29)5-6-15(39-17-8-7-16(40-25(30,31)32)19(26)21(17)37-3)18(11)22(35)34-14-9-10-33-20(12(14)2)23(36)38-4/h5-10H,1-4H3,(H,33,34,35). The van der Waals surface area contributed by atoms with Gasteiger partial charge in [0, 0.05) is 17.4 Å². The Hall–Kier alpha value is -4.56.